The Kier molecular flexibility index (Phi) is 7.37. The first-order chi connectivity index (χ1) is 4.06. The summed E-state index contributed by atoms with van der Waals surface area (Å²) in [5.74, 6) is 0. The van der Waals surface area contributed by atoms with Crippen molar-refractivity contribution in [1.29, 1.82) is 0 Å². The molecule has 0 unspecified atom stereocenters. The molecular weight excluding hydrogens is 151 g/mol. The fourth-order valence-corrected chi connectivity index (χ4v) is 0.418. The van der Waals surface area contributed by atoms with E-state index >= 15 is 0 Å². The Bertz CT molecular complexity index is 183. The summed E-state index contributed by atoms with van der Waals surface area (Å²) in [6.45, 7) is 1.79. The third-order valence-corrected chi connectivity index (χ3v) is 0.852. The van der Waals surface area contributed by atoms with E-state index in [0.29, 0.717) is 6.42 Å². The summed E-state index contributed by atoms with van der Waals surface area (Å²) >= 11 is 0. The largest absolute Gasteiger partial charge is 1.00 e. The van der Waals surface area contributed by atoms with Gasteiger partial charge >= 0.3 is 18.9 Å². The van der Waals surface area contributed by atoms with Gasteiger partial charge in [0.15, 0.2) is 0 Å². The monoisotopic (exact) mass is 158 g/mol. The van der Waals surface area contributed by atoms with Crippen LogP contribution >= 0.6 is 0 Å². The molecule has 54 valence electrons. The van der Waals surface area contributed by atoms with Gasteiger partial charge in [-0.05, 0) is 12.5 Å². The molecule has 0 bridgehead atoms. The maximum atomic E-state index is 9.68. The minimum Gasteiger partial charge on any atom is -0.716 e. The Morgan fingerprint density at radius 1 is 1.60 bits per heavy atom. The molecule has 0 heterocycles. The van der Waals surface area contributed by atoms with Crippen LogP contribution in [0.4, 0.5) is 0 Å². The van der Waals surface area contributed by atoms with Crippen LogP contribution in [0.2, 0.25) is 0 Å². The molecule has 0 spiro atoms. The zero-order chi connectivity index (χ0) is 7.33. The first-order valence-corrected chi connectivity index (χ1v) is 3.68. The van der Waals surface area contributed by atoms with E-state index in [0.717, 1.165) is 6.26 Å². The normalized spacial score (nSPS) is 11.0. The Hall–Kier alpha value is 0.0474. The van der Waals surface area contributed by atoms with E-state index in [4.69, 9.17) is 0 Å². The van der Waals surface area contributed by atoms with E-state index < -0.39 is 10.4 Å². The quantitative estimate of drug-likeness (QED) is 0.195. The molecule has 6 heteroatoms. The molecule has 0 aromatic heterocycles. The molecule has 0 aromatic carbocycles. The Balaban J connectivity index is 0. The maximum Gasteiger partial charge on any atom is 1.00 e. The van der Waals surface area contributed by atoms with E-state index in [2.05, 4.69) is 4.18 Å². The van der Waals surface area contributed by atoms with Crippen molar-refractivity contribution in [3.8, 4) is 0 Å². The van der Waals surface area contributed by atoms with Crippen molar-refractivity contribution in [3.63, 3.8) is 0 Å². The number of hydrogen-bond donors (Lipinski definition) is 0. The third kappa shape index (κ3) is 10.9. The molecule has 10 heavy (non-hydrogen) atoms. The molecule has 0 amide bonds. The second kappa shape index (κ2) is 5.80. The molecule has 4 nitrogen and oxygen atoms in total. The Labute approximate surface area is 72.4 Å². The van der Waals surface area contributed by atoms with Gasteiger partial charge in [-0.1, -0.05) is 6.92 Å². The summed E-state index contributed by atoms with van der Waals surface area (Å²) in [7, 11) is -4.53. The van der Waals surface area contributed by atoms with Crippen molar-refractivity contribution in [2.45, 2.75) is 13.3 Å². The Morgan fingerprint density at radius 3 is 2.40 bits per heavy atom. The Morgan fingerprint density at radius 2 is 2.10 bits per heavy atom. The van der Waals surface area contributed by atoms with Crippen LogP contribution in [-0.4, -0.2) is 13.0 Å². The summed E-state index contributed by atoms with van der Waals surface area (Å²) in [4.78, 5) is 0. The van der Waals surface area contributed by atoms with Crippen LogP contribution in [0.1, 0.15) is 13.3 Å². The molecule has 0 aliphatic carbocycles. The van der Waals surface area contributed by atoms with E-state index in [1.807, 2.05) is 0 Å². The van der Waals surface area contributed by atoms with E-state index in [1.54, 1.807) is 6.92 Å². The predicted octanol–water partition coefficient (Wildman–Crippen LogP) is -2.61. The summed E-state index contributed by atoms with van der Waals surface area (Å²) in [6, 6.07) is 0. The molecule has 0 aliphatic heterocycles. The second-order valence-electron chi connectivity index (χ2n) is 1.28. The molecule has 0 atom stereocenters. The van der Waals surface area contributed by atoms with Crippen molar-refractivity contribution in [1.82, 2.24) is 0 Å². The van der Waals surface area contributed by atoms with Crippen LogP contribution in [0.3, 0.4) is 0 Å². The number of rotatable bonds is 3. The van der Waals surface area contributed by atoms with Crippen LogP contribution < -0.4 is 18.9 Å². The van der Waals surface area contributed by atoms with Gasteiger partial charge in [-0.3, -0.25) is 0 Å². The summed E-state index contributed by atoms with van der Waals surface area (Å²) in [5, 5.41) is 0. The van der Waals surface area contributed by atoms with Gasteiger partial charge in [0, 0.05) is 0 Å². The summed E-state index contributed by atoms with van der Waals surface area (Å²) < 4.78 is 32.7. The van der Waals surface area contributed by atoms with E-state index in [-0.39, 0.29) is 18.9 Å². The minimum absolute atomic E-state index is 0. The van der Waals surface area contributed by atoms with Crippen molar-refractivity contribution >= 4 is 10.4 Å². The first-order valence-electron chi connectivity index (χ1n) is 2.35. The van der Waals surface area contributed by atoms with Crippen LogP contribution in [0.5, 0.6) is 0 Å². The second-order valence-corrected chi connectivity index (χ2v) is 2.29. The van der Waals surface area contributed by atoms with Crippen LogP contribution in [-0.2, 0) is 14.6 Å². The van der Waals surface area contributed by atoms with Crippen molar-refractivity contribution in [2.24, 2.45) is 0 Å². The molecule has 0 aliphatic rings. The van der Waals surface area contributed by atoms with Crippen molar-refractivity contribution < 1.29 is 36.0 Å². The zero-order valence-corrected chi connectivity index (χ0v) is 6.72. The molecular formula is C4H7LiO4S. The predicted molar refractivity (Wildman–Crippen MR) is 30.2 cm³/mol. The molecule has 0 saturated carbocycles. The van der Waals surface area contributed by atoms with Crippen molar-refractivity contribution in [3.05, 3.63) is 12.3 Å². The van der Waals surface area contributed by atoms with Gasteiger partial charge in [-0.25, -0.2) is 8.42 Å². The standard InChI is InChI=1S/C4H8O4S.Li/c1-2-3-4-8-9(5,6)7;/h3-4H,2H2,1H3,(H,5,6,7);/q;+1/p-1. The maximum absolute atomic E-state index is 9.68. The van der Waals surface area contributed by atoms with Crippen LogP contribution in [0.15, 0.2) is 12.3 Å². The first kappa shape index (κ1) is 12.7. The van der Waals surface area contributed by atoms with E-state index in [9.17, 15) is 13.0 Å². The smallest absolute Gasteiger partial charge is 0.716 e. The fourth-order valence-electron chi connectivity index (χ4n) is 0.204. The van der Waals surface area contributed by atoms with E-state index in [1.165, 1.54) is 6.08 Å². The van der Waals surface area contributed by atoms with Gasteiger partial charge in [0.05, 0.1) is 0 Å². The summed E-state index contributed by atoms with van der Waals surface area (Å²) in [6.07, 6.45) is 2.92. The molecule has 0 aromatic rings. The van der Waals surface area contributed by atoms with Gasteiger partial charge < -0.3 is 8.74 Å². The molecule has 0 radical (unpaired) electrons. The average molecular weight is 158 g/mol. The molecule has 0 rings (SSSR count). The molecule has 0 fully saturated rings. The average Bonchev–Trinajstić information content (AvgIpc) is 1.63. The minimum atomic E-state index is -4.53. The van der Waals surface area contributed by atoms with Crippen molar-refractivity contribution in [2.75, 3.05) is 0 Å². The van der Waals surface area contributed by atoms with Gasteiger partial charge in [-0.15, -0.1) is 0 Å². The number of hydrogen-bond acceptors (Lipinski definition) is 4. The third-order valence-electron chi connectivity index (χ3n) is 0.505. The van der Waals surface area contributed by atoms with Gasteiger partial charge in [0.1, 0.15) is 6.26 Å². The zero-order valence-electron chi connectivity index (χ0n) is 5.90. The molecule has 0 saturated heterocycles. The van der Waals surface area contributed by atoms with Gasteiger partial charge in [0.25, 0.3) is 10.4 Å². The fraction of sp³-hybridized carbons (Fsp3) is 0.500. The van der Waals surface area contributed by atoms with Crippen LogP contribution in [0, 0.1) is 0 Å². The topological polar surface area (TPSA) is 66.4 Å². The summed E-state index contributed by atoms with van der Waals surface area (Å²) in [5.41, 5.74) is 0. The van der Waals surface area contributed by atoms with Gasteiger partial charge in [0.2, 0.25) is 0 Å². The van der Waals surface area contributed by atoms with Crippen LogP contribution in [0.25, 0.3) is 0 Å². The SMILES string of the molecule is CCC=COS(=O)(=O)[O-].[Li+]. The number of allylic oxidation sites excluding steroid dienone is 1. The van der Waals surface area contributed by atoms with Gasteiger partial charge in [-0.2, -0.15) is 0 Å². The molecule has 0 N–H and O–H groups in total.